The summed E-state index contributed by atoms with van der Waals surface area (Å²) in [6.45, 7) is 6.55. The van der Waals surface area contributed by atoms with E-state index in [1.54, 1.807) is 12.4 Å². The zero-order chi connectivity index (χ0) is 17.9. The highest BCUT2D eigenvalue weighted by molar-refractivity contribution is 5.56. The van der Waals surface area contributed by atoms with Gasteiger partial charge in [-0.25, -0.2) is 9.67 Å². The monoisotopic (exact) mass is 354 g/mol. The fraction of sp³-hybridized carbons (Fsp3) is 0.444. The van der Waals surface area contributed by atoms with Crippen molar-refractivity contribution >= 4 is 0 Å². The second-order valence-corrected chi connectivity index (χ2v) is 6.48. The highest BCUT2D eigenvalue weighted by Gasteiger charge is 2.22. The summed E-state index contributed by atoms with van der Waals surface area (Å²) in [4.78, 5) is 9.14. The Morgan fingerprint density at radius 2 is 2.12 bits per heavy atom. The van der Waals surface area contributed by atoms with Crippen LogP contribution in [0.15, 0.2) is 36.7 Å². The van der Waals surface area contributed by atoms with Crippen molar-refractivity contribution in [1.82, 2.24) is 29.5 Å². The van der Waals surface area contributed by atoms with E-state index in [9.17, 15) is 0 Å². The van der Waals surface area contributed by atoms with Crippen molar-refractivity contribution in [2.45, 2.75) is 32.5 Å². The van der Waals surface area contributed by atoms with Crippen LogP contribution in [-0.2, 0) is 16.0 Å². The quantitative estimate of drug-likeness (QED) is 0.699. The number of aromatic nitrogens is 6. The molecule has 0 N–H and O–H groups in total. The van der Waals surface area contributed by atoms with Crippen LogP contribution < -0.4 is 0 Å². The molecule has 8 heteroatoms. The third-order valence-electron chi connectivity index (χ3n) is 4.22. The Hall–Kier alpha value is -2.58. The first-order valence-corrected chi connectivity index (χ1v) is 8.82. The van der Waals surface area contributed by atoms with Gasteiger partial charge in [0.1, 0.15) is 17.5 Å². The van der Waals surface area contributed by atoms with Gasteiger partial charge in [-0.05, 0) is 32.0 Å². The minimum absolute atomic E-state index is 0.0452. The molecule has 26 heavy (non-hydrogen) atoms. The summed E-state index contributed by atoms with van der Waals surface area (Å²) in [7, 11) is 0. The Morgan fingerprint density at radius 3 is 2.85 bits per heavy atom. The molecule has 4 rings (SSSR count). The molecule has 1 saturated heterocycles. The van der Waals surface area contributed by atoms with E-state index in [4.69, 9.17) is 19.6 Å². The number of hydrogen-bond acceptors (Lipinski definition) is 6. The first-order valence-electron chi connectivity index (χ1n) is 8.82. The topological polar surface area (TPSA) is 79.9 Å². The van der Waals surface area contributed by atoms with Gasteiger partial charge in [-0.15, -0.1) is 5.10 Å². The standard InChI is InChI=1S/C18H22N6O2/c1-13(2)24-16(6-8-20-24)18-21-17(15-5-3-4-7-19-15)22-23(18)11-14-12-25-9-10-26-14/h3-8,13-14H,9-12H2,1-2H3. The van der Waals surface area contributed by atoms with Crippen LogP contribution in [0.25, 0.3) is 23.0 Å². The van der Waals surface area contributed by atoms with Crippen LogP contribution in [-0.4, -0.2) is 55.5 Å². The smallest absolute Gasteiger partial charge is 0.200 e. The van der Waals surface area contributed by atoms with Gasteiger partial charge in [-0.3, -0.25) is 9.67 Å². The summed E-state index contributed by atoms with van der Waals surface area (Å²) in [5, 5.41) is 9.12. The van der Waals surface area contributed by atoms with Gasteiger partial charge in [0.25, 0.3) is 0 Å². The van der Waals surface area contributed by atoms with Crippen LogP contribution in [0.4, 0.5) is 0 Å². The number of nitrogens with zero attached hydrogens (tertiary/aromatic N) is 6. The lowest BCUT2D eigenvalue weighted by Gasteiger charge is -2.23. The molecule has 3 aromatic heterocycles. The van der Waals surface area contributed by atoms with E-state index in [1.807, 2.05) is 33.6 Å². The Bertz CT molecular complexity index is 852. The van der Waals surface area contributed by atoms with Crippen LogP contribution in [0, 0.1) is 0 Å². The van der Waals surface area contributed by atoms with Gasteiger partial charge in [-0.1, -0.05) is 6.07 Å². The maximum atomic E-state index is 5.80. The van der Waals surface area contributed by atoms with Gasteiger partial charge in [0.05, 0.1) is 26.4 Å². The maximum absolute atomic E-state index is 5.80. The second kappa shape index (κ2) is 7.35. The summed E-state index contributed by atoms with van der Waals surface area (Å²) in [5.41, 5.74) is 1.66. The van der Waals surface area contributed by atoms with Gasteiger partial charge < -0.3 is 9.47 Å². The van der Waals surface area contributed by atoms with Gasteiger partial charge in [-0.2, -0.15) is 5.10 Å². The fourth-order valence-corrected chi connectivity index (χ4v) is 3.00. The Kier molecular flexibility index (Phi) is 4.77. The van der Waals surface area contributed by atoms with E-state index < -0.39 is 0 Å². The van der Waals surface area contributed by atoms with Crippen LogP contribution in [0.1, 0.15) is 19.9 Å². The molecule has 0 bridgehead atoms. The van der Waals surface area contributed by atoms with Crippen molar-refractivity contribution in [3.63, 3.8) is 0 Å². The molecule has 1 fully saturated rings. The second-order valence-electron chi connectivity index (χ2n) is 6.48. The van der Waals surface area contributed by atoms with Crippen LogP contribution in [0.3, 0.4) is 0 Å². The number of ether oxygens (including phenoxy) is 2. The van der Waals surface area contributed by atoms with Crippen molar-refractivity contribution < 1.29 is 9.47 Å². The molecule has 0 aromatic carbocycles. The molecule has 0 spiro atoms. The van der Waals surface area contributed by atoms with E-state index in [-0.39, 0.29) is 12.1 Å². The SMILES string of the molecule is CC(C)n1nccc1-c1nc(-c2ccccn2)nn1CC1COCCO1. The summed E-state index contributed by atoms with van der Waals surface area (Å²) >= 11 is 0. The van der Waals surface area contributed by atoms with Crippen molar-refractivity contribution in [2.75, 3.05) is 19.8 Å². The molecular weight excluding hydrogens is 332 g/mol. The largest absolute Gasteiger partial charge is 0.376 e. The molecule has 0 radical (unpaired) electrons. The summed E-state index contributed by atoms with van der Waals surface area (Å²) < 4.78 is 15.1. The third kappa shape index (κ3) is 3.38. The number of hydrogen-bond donors (Lipinski definition) is 0. The number of rotatable bonds is 5. The Labute approximate surface area is 151 Å². The van der Waals surface area contributed by atoms with Gasteiger partial charge in [0.15, 0.2) is 11.6 Å². The summed E-state index contributed by atoms with van der Waals surface area (Å²) in [6, 6.07) is 7.89. The molecule has 1 atom stereocenters. The lowest BCUT2D eigenvalue weighted by atomic mass is 10.3. The molecule has 0 aliphatic carbocycles. The van der Waals surface area contributed by atoms with Crippen LogP contribution in [0.2, 0.25) is 0 Å². The lowest BCUT2D eigenvalue weighted by molar-refractivity contribution is -0.0944. The van der Waals surface area contributed by atoms with Crippen molar-refractivity contribution in [3.8, 4) is 23.0 Å². The molecule has 1 aliphatic rings. The zero-order valence-corrected chi connectivity index (χ0v) is 14.9. The van der Waals surface area contributed by atoms with Crippen LogP contribution >= 0.6 is 0 Å². The zero-order valence-electron chi connectivity index (χ0n) is 14.9. The van der Waals surface area contributed by atoms with E-state index in [0.717, 1.165) is 17.2 Å². The normalized spacial score (nSPS) is 17.7. The average molecular weight is 354 g/mol. The molecular formula is C18H22N6O2. The molecule has 8 nitrogen and oxygen atoms in total. The van der Waals surface area contributed by atoms with E-state index in [0.29, 0.717) is 32.2 Å². The predicted molar refractivity (Wildman–Crippen MR) is 95.4 cm³/mol. The van der Waals surface area contributed by atoms with Gasteiger partial charge in [0, 0.05) is 18.4 Å². The van der Waals surface area contributed by atoms with Crippen molar-refractivity contribution in [3.05, 3.63) is 36.7 Å². The van der Waals surface area contributed by atoms with Gasteiger partial charge >= 0.3 is 0 Å². The average Bonchev–Trinajstić information content (AvgIpc) is 3.30. The predicted octanol–water partition coefficient (Wildman–Crippen LogP) is 2.20. The molecule has 3 aromatic rings. The van der Waals surface area contributed by atoms with E-state index in [1.165, 1.54) is 0 Å². The molecule has 1 aliphatic heterocycles. The third-order valence-corrected chi connectivity index (χ3v) is 4.22. The maximum Gasteiger partial charge on any atom is 0.200 e. The fourth-order valence-electron chi connectivity index (χ4n) is 3.00. The van der Waals surface area contributed by atoms with E-state index >= 15 is 0 Å². The minimum Gasteiger partial charge on any atom is -0.376 e. The summed E-state index contributed by atoms with van der Waals surface area (Å²) in [5.74, 6) is 1.35. The molecule has 1 unspecified atom stereocenters. The molecule has 0 saturated carbocycles. The molecule has 136 valence electrons. The first kappa shape index (κ1) is 16.9. The van der Waals surface area contributed by atoms with E-state index in [2.05, 4.69) is 23.9 Å². The number of pyridine rings is 1. The van der Waals surface area contributed by atoms with Crippen LogP contribution in [0.5, 0.6) is 0 Å². The summed E-state index contributed by atoms with van der Waals surface area (Å²) in [6.07, 6.45) is 3.48. The van der Waals surface area contributed by atoms with Gasteiger partial charge in [0.2, 0.25) is 0 Å². The molecule has 0 amide bonds. The molecule has 4 heterocycles. The first-order chi connectivity index (χ1) is 12.7. The lowest BCUT2D eigenvalue weighted by Crippen LogP contribution is -2.32. The Morgan fingerprint density at radius 1 is 1.19 bits per heavy atom. The van der Waals surface area contributed by atoms with Crippen molar-refractivity contribution in [1.29, 1.82) is 0 Å². The van der Waals surface area contributed by atoms with Crippen molar-refractivity contribution in [2.24, 2.45) is 0 Å². The minimum atomic E-state index is -0.0452. The highest BCUT2D eigenvalue weighted by atomic mass is 16.6. The highest BCUT2D eigenvalue weighted by Crippen LogP contribution is 2.24. The Balaban J connectivity index is 1.74.